The van der Waals surface area contributed by atoms with Crippen molar-refractivity contribution < 1.29 is 28.6 Å². The van der Waals surface area contributed by atoms with E-state index in [9.17, 15) is 14.4 Å². The monoisotopic (exact) mass is 829 g/mol. The molecule has 0 aliphatic heterocycles. The van der Waals surface area contributed by atoms with Crippen molar-refractivity contribution >= 4 is 17.9 Å². The third-order valence-corrected chi connectivity index (χ3v) is 11.1. The van der Waals surface area contributed by atoms with E-state index in [1.165, 1.54) is 154 Å². The normalized spacial score (nSPS) is 12.3. The van der Waals surface area contributed by atoms with E-state index < -0.39 is 6.10 Å². The molecule has 0 radical (unpaired) electrons. The Hall–Kier alpha value is -2.37. The number of hydrogen-bond acceptors (Lipinski definition) is 6. The lowest BCUT2D eigenvalue weighted by Crippen LogP contribution is -2.30. The number of allylic oxidation sites excluding steroid dienone is 6. The second-order valence-electron chi connectivity index (χ2n) is 17.1. The Bertz CT molecular complexity index is 1000. The van der Waals surface area contributed by atoms with Gasteiger partial charge in [-0.15, -0.1) is 0 Å². The van der Waals surface area contributed by atoms with Crippen LogP contribution in [0.15, 0.2) is 36.5 Å². The molecule has 0 aromatic heterocycles. The molecule has 6 nitrogen and oxygen atoms in total. The Balaban J connectivity index is 4.32. The number of hydrogen-bond donors (Lipinski definition) is 0. The van der Waals surface area contributed by atoms with Gasteiger partial charge in [0.1, 0.15) is 13.2 Å². The number of carbonyl (C=O) groups is 3. The smallest absolute Gasteiger partial charge is 0.306 e. The fourth-order valence-corrected chi connectivity index (χ4v) is 7.22. The highest BCUT2D eigenvalue weighted by Crippen LogP contribution is 2.15. The predicted molar refractivity (Wildman–Crippen MR) is 252 cm³/mol. The summed E-state index contributed by atoms with van der Waals surface area (Å²) in [6.45, 7) is 6.57. The molecular formula is C53H96O6. The van der Waals surface area contributed by atoms with Gasteiger partial charge in [0.05, 0.1) is 0 Å². The van der Waals surface area contributed by atoms with Crippen LogP contribution in [0.3, 0.4) is 0 Å². The molecule has 344 valence electrons. The quantitative estimate of drug-likeness (QED) is 0.0263. The number of ether oxygens (including phenoxy) is 3. The first-order valence-corrected chi connectivity index (χ1v) is 25.5. The Labute approximate surface area is 365 Å². The molecule has 0 unspecified atom stereocenters. The molecule has 0 rings (SSSR count). The van der Waals surface area contributed by atoms with Gasteiger partial charge in [0.2, 0.25) is 0 Å². The van der Waals surface area contributed by atoms with E-state index >= 15 is 0 Å². The van der Waals surface area contributed by atoms with Crippen molar-refractivity contribution in [2.24, 2.45) is 0 Å². The predicted octanol–water partition coefficient (Wildman–Crippen LogP) is 16.5. The van der Waals surface area contributed by atoms with E-state index in [-0.39, 0.29) is 31.1 Å². The third kappa shape index (κ3) is 46.5. The second kappa shape index (κ2) is 48.3. The van der Waals surface area contributed by atoms with Gasteiger partial charge in [0.15, 0.2) is 6.10 Å². The minimum Gasteiger partial charge on any atom is -0.462 e. The zero-order valence-corrected chi connectivity index (χ0v) is 39.3. The van der Waals surface area contributed by atoms with Crippen LogP contribution >= 0.6 is 0 Å². The third-order valence-electron chi connectivity index (χ3n) is 11.1. The van der Waals surface area contributed by atoms with Crippen molar-refractivity contribution in [1.82, 2.24) is 0 Å². The van der Waals surface area contributed by atoms with Gasteiger partial charge in [-0.05, 0) is 70.6 Å². The summed E-state index contributed by atoms with van der Waals surface area (Å²) in [5.74, 6) is -0.881. The van der Waals surface area contributed by atoms with Crippen LogP contribution in [0.5, 0.6) is 0 Å². The highest BCUT2D eigenvalue weighted by atomic mass is 16.6. The highest BCUT2D eigenvalue weighted by Gasteiger charge is 2.19. The lowest BCUT2D eigenvalue weighted by atomic mass is 10.1. The van der Waals surface area contributed by atoms with Gasteiger partial charge in [0, 0.05) is 19.3 Å². The molecule has 0 saturated heterocycles. The largest absolute Gasteiger partial charge is 0.462 e. The molecule has 6 heteroatoms. The maximum absolute atomic E-state index is 12.8. The van der Waals surface area contributed by atoms with Crippen LogP contribution in [0.4, 0.5) is 0 Å². The van der Waals surface area contributed by atoms with Crippen molar-refractivity contribution in [3.63, 3.8) is 0 Å². The van der Waals surface area contributed by atoms with Gasteiger partial charge in [0.25, 0.3) is 0 Å². The fraction of sp³-hybridized carbons (Fsp3) is 0.830. The summed E-state index contributed by atoms with van der Waals surface area (Å²) < 4.78 is 16.8. The molecular weight excluding hydrogens is 733 g/mol. The standard InChI is InChI=1S/C53H96O6/c1-4-7-10-13-16-19-22-23-24-25-26-27-28-29-32-35-38-41-44-47-53(56)59-50(48-57-51(54)45-42-39-36-33-30-20-17-14-11-8-5-2)49-58-52(55)46-43-40-37-34-31-21-18-15-12-9-6-3/h14,16-17,19,23-24,50H,4-13,15,18,20-22,25-49H2,1-3H3/b17-14-,19-16-,24-23-/t50-/m1/s1. The van der Waals surface area contributed by atoms with Gasteiger partial charge in [-0.3, -0.25) is 14.4 Å². The molecule has 0 fully saturated rings. The maximum atomic E-state index is 12.8. The second-order valence-corrected chi connectivity index (χ2v) is 17.1. The van der Waals surface area contributed by atoms with Crippen LogP contribution in [-0.4, -0.2) is 37.2 Å². The molecule has 0 aromatic rings. The van der Waals surface area contributed by atoms with Crippen LogP contribution in [-0.2, 0) is 28.6 Å². The van der Waals surface area contributed by atoms with Crippen molar-refractivity contribution in [1.29, 1.82) is 0 Å². The van der Waals surface area contributed by atoms with Crippen LogP contribution in [0.25, 0.3) is 0 Å². The van der Waals surface area contributed by atoms with Crippen molar-refractivity contribution in [2.45, 2.75) is 271 Å². The molecule has 0 aromatic carbocycles. The summed E-state index contributed by atoms with van der Waals surface area (Å²) >= 11 is 0. The van der Waals surface area contributed by atoms with E-state index in [0.29, 0.717) is 19.3 Å². The molecule has 0 amide bonds. The minimum absolute atomic E-state index is 0.0738. The lowest BCUT2D eigenvalue weighted by Gasteiger charge is -2.18. The molecule has 0 saturated carbocycles. The highest BCUT2D eigenvalue weighted by molar-refractivity contribution is 5.71. The molecule has 0 aliphatic rings. The molecule has 0 N–H and O–H groups in total. The summed E-state index contributed by atoms with van der Waals surface area (Å²) in [5, 5.41) is 0. The van der Waals surface area contributed by atoms with E-state index in [4.69, 9.17) is 14.2 Å². The average molecular weight is 829 g/mol. The van der Waals surface area contributed by atoms with Crippen LogP contribution in [0, 0.1) is 0 Å². The number of unbranched alkanes of at least 4 members (excludes halogenated alkanes) is 29. The van der Waals surface area contributed by atoms with Crippen LogP contribution in [0.2, 0.25) is 0 Å². The Morgan fingerprint density at radius 2 is 0.627 bits per heavy atom. The molecule has 0 aliphatic carbocycles. The van der Waals surface area contributed by atoms with E-state index in [2.05, 4.69) is 57.2 Å². The van der Waals surface area contributed by atoms with Crippen LogP contribution in [0.1, 0.15) is 265 Å². The lowest BCUT2D eigenvalue weighted by molar-refractivity contribution is -0.167. The zero-order valence-electron chi connectivity index (χ0n) is 39.3. The van der Waals surface area contributed by atoms with Crippen molar-refractivity contribution in [3.8, 4) is 0 Å². The topological polar surface area (TPSA) is 78.9 Å². The summed E-state index contributed by atoms with van der Waals surface area (Å²) in [7, 11) is 0. The first-order valence-electron chi connectivity index (χ1n) is 25.5. The molecule has 1 atom stereocenters. The number of carbonyl (C=O) groups excluding carboxylic acids is 3. The molecule has 0 spiro atoms. The molecule has 59 heavy (non-hydrogen) atoms. The summed E-state index contributed by atoms with van der Waals surface area (Å²) in [6.07, 6.45) is 55.5. The molecule has 0 bridgehead atoms. The van der Waals surface area contributed by atoms with Crippen molar-refractivity contribution in [3.05, 3.63) is 36.5 Å². The molecule has 0 heterocycles. The van der Waals surface area contributed by atoms with Gasteiger partial charge in [-0.25, -0.2) is 0 Å². The minimum atomic E-state index is -0.772. The summed E-state index contributed by atoms with van der Waals surface area (Å²) in [4.78, 5) is 37.9. The Morgan fingerprint density at radius 1 is 0.339 bits per heavy atom. The zero-order chi connectivity index (χ0) is 43.0. The van der Waals surface area contributed by atoms with E-state index in [1.54, 1.807) is 0 Å². The van der Waals surface area contributed by atoms with Crippen molar-refractivity contribution in [2.75, 3.05) is 13.2 Å². The summed E-state index contributed by atoms with van der Waals surface area (Å²) in [6, 6.07) is 0. The van der Waals surface area contributed by atoms with Gasteiger partial charge in [-0.2, -0.15) is 0 Å². The first-order chi connectivity index (χ1) is 29.0. The van der Waals surface area contributed by atoms with E-state index in [1.807, 2.05) is 0 Å². The van der Waals surface area contributed by atoms with Gasteiger partial charge >= 0.3 is 17.9 Å². The van der Waals surface area contributed by atoms with E-state index in [0.717, 1.165) is 70.6 Å². The Morgan fingerprint density at radius 3 is 1.03 bits per heavy atom. The SMILES string of the molecule is CCCC/C=C\CCCCCCCC(=O)OC[C@H](COC(=O)CCCCCCCCCCCCC)OC(=O)CCCCCCCCCCC/C=C\C/C=C\CCCCC. The van der Waals surface area contributed by atoms with Gasteiger partial charge < -0.3 is 14.2 Å². The number of esters is 3. The van der Waals surface area contributed by atoms with Crippen LogP contribution < -0.4 is 0 Å². The first kappa shape index (κ1) is 56.6. The summed E-state index contributed by atoms with van der Waals surface area (Å²) in [5.41, 5.74) is 0. The van der Waals surface area contributed by atoms with Gasteiger partial charge in [-0.1, -0.05) is 211 Å². The fourth-order valence-electron chi connectivity index (χ4n) is 7.22. The average Bonchev–Trinajstić information content (AvgIpc) is 3.23. The number of rotatable bonds is 46. The maximum Gasteiger partial charge on any atom is 0.306 e. The Kier molecular flexibility index (Phi) is 46.4.